The number of aliphatic hydroxyl groups is 1. The quantitative estimate of drug-likeness (QED) is 0.828. The standard InChI is InChI=1S/C14H20FN3O2/c1-17-6-3-12(4-7-17)18(8-9-19)14(20)11-2-5-16-13(15)10-11/h2,5,10,12,19H,3-4,6-9H2,1H3. The van der Waals surface area contributed by atoms with Crippen molar-refractivity contribution in [3.63, 3.8) is 0 Å². The summed E-state index contributed by atoms with van der Waals surface area (Å²) in [5.41, 5.74) is 0.282. The van der Waals surface area contributed by atoms with Gasteiger partial charge in [-0.15, -0.1) is 0 Å². The smallest absolute Gasteiger partial charge is 0.254 e. The van der Waals surface area contributed by atoms with Gasteiger partial charge in [-0.1, -0.05) is 0 Å². The van der Waals surface area contributed by atoms with E-state index in [0.29, 0.717) is 0 Å². The van der Waals surface area contributed by atoms with Crippen molar-refractivity contribution < 1.29 is 14.3 Å². The number of pyridine rings is 1. The van der Waals surface area contributed by atoms with Gasteiger partial charge in [-0.05, 0) is 39.0 Å². The van der Waals surface area contributed by atoms with Gasteiger partial charge in [-0.3, -0.25) is 4.79 Å². The Morgan fingerprint density at radius 3 is 2.85 bits per heavy atom. The molecule has 0 unspecified atom stereocenters. The maximum atomic E-state index is 13.1. The van der Waals surface area contributed by atoms with E-state index in [2.05, 4.69) is 9.88 Å². The number of hydrogen-bond acceptors (Lipinski definition) is 4. The van der Waals surface area contributed by atoms with E-state index >= 15 is 0 Å². The number of piperidine rings is 1. The van der Waals surface area contributed by atoms with E-state index in [1.165, 1.54) is 12.3 Å². The highest BCUT2D eigenvalue weighted by Gasteiger charge is 2.27. The Balaban J connectivity index is 2.13. The van der Waals surface area contributed by atoms with Crippen LogP contribution in [0.25, 0.3) is 0 Å². The second-order valence-corrected chi connectivity index (χ2v) is 5.12. The highest BCUT2D eigenvalue weighted by atomic mass is 19.1. The minimum absolute atomic E-state index is 0.0916. The molecule has 0 aliphatic carbocycles. The van der Waals surface area contributed by atoms with Crippen molar-refractivity contribution in [3.8, 4) is 0 Å². The molecule has 0 aromatic carbocycles. The predicted molar refractivity (Wildman–Crippen MR) is 72.8 cm³/mol. The average molecular weight is 281 g/mol. The molecule has 6 heteroatoms. The lowest BCUT2D eigenvalue weighted by atomic mass is 10.0. The summed E-state index contributed by atoms with van der Waals surface area (Å²) in [6.45, 7) is 2.03. The molecule has 1 saturated heterocycles. The van der Waals surface area contributed by atoms with Crippen LogP contribution in [-0.2, 0) is 0 Å². The number of amides is 1. The van der Waals surface area contributed by atoms with Crippen LogP contribution in [0.3, 0.4) is 0 Å². The van der Waals surface area contributed by atoms with Crippen LogP contribution in [0.4, 0.5) is 4.39 Å². The average Bonchev–Trinajstić information content (AvgIpc) is 2.45. The third-order valence-electron chi connectivity index (χ3n) is 3.70. The minimum Gasteiger partial charge on any atom is -0.395 e. The molecule has 2 rings (SSSR count). The molecule has 1 aliphatic rings. The normalized spacial score (nSPS) is 17.1. The first kappa shape index (κ1) is 14.9. The van der Waals surface area contributed by atoms with Gasteiger partial charge >= 0.3 is 0 Å². The van der Waals surface area contributed by atoms with Crippen LogP contribution >= 0.6 is 0 Å². The molecule has 0 spiro atoms. The van der Waals surface area contributed by atoms with E-state index in [9.17, 15) is 14.3 Å². The molecule has 2 heterocycles. The fraction of sp³-hybridized carbons (Fsp3) is 0.571. The summed E-state index contributed by atoms with van der Waals surface area (Å²) in [5, 5.41) is 9.18. The minimum atomic E-state index is -0.664. The number of rotatable bonds is 4. The summed E-state index contributed by atoms with van der Waals surface area (Å²) in [6.07, 6.45) is 3.03. The summed E-state index contributed by atoms with van der Waals surface area (Å²) < 4.78 is 13.1. The van der Waals surface area contributed by atoms with Gasteiger partial charge in [0.25, 0.3) is 5.91 Å². The molecular weight excluding hydrogens is 261 g/mol. The molecule has 1 N–H and O–H groups in total. The molecule has 1 fully saturated rings. The Kier molecular flexibility index (Phi) is 5.03. The van der Waals surface area contributed by atoms with Crippen LogP contribution in [0.5, 0.6) is 0 Å². The summed E-state index contributed by atoms with van der Waals surface area (Å²) in [4.78, 5) is 19.8. The van der Waals surface area contributed by atoms with Crippen LogP contribution in [0.1, 0.15) is 23.2 Å². The lowest BCUT2D eigenvalue weighted by Gasteiger charge is -2.37. The highest BCUT2D eigenvalue weighted by Crippen LogP contribution is 2.18. The van der Waals surface area contributed by atoms with Gasteiger partial charge in [0.15, 0.2) is 0 Å². The van der Waals surface area contributed by atoms with Crippen molar-refractivity contribution in [1.82, 2.24) is 14.8 Å². The van der Waals surface area contributed by atoms with Gasteiger partial charge in [-0.2, -0.15) is 4.39 Å². The maximum absolute atomic E-state index is 13.1. The molecule has 20 heavy (non-hydrogen) atoms. The molecule has 0 bridgehead atoms. The van der Waals surface area contributed by atoms with Gasteiger partial charge in [0.1, 0.15) is 0 Å². The molecule has 0 saturated carbocycles. The van der Waals surface area contributed by atoms with Gasteiger partial charge in [0.05, 0.1) is 6.61 Å². The third-order valence-corrected chi connectivity index (χ3v) is 3.70. The number of carbonyl (C=O) groups excluding carboxylic acids is 1. The van der Waals surface area contributed by atoms with Gasteiger partial charge in [0.2, 0.25) is 5.95 Å². The van der Waals surface area contributed by atoms with E-state index in [1.54, 1.807) is 4.90 Å². The van der Waals surface area contributed by atoms with Crippen molar-refractivity contribution in [2.24, 2.45) is 0 Å². The van der Waals surface area contributed by atoms with Crippen LogP contribution in [0.2, 0.25) is 0 Å². The van der Waals surface area contributed by atoms with Crippen LogP contribution in [-0.4, -0.2) is 65.1 Å². The Morgan fingerprint density at radius 2 is 2.25 bits per heavy atom. The van der Waals surface area contributed by atoms with Crippen molar-refractivity contribution in [2.45, 2.75) is 18.9 Å². The number of aliphatic hydroxyl groups excluding tert-OH is 1. The van der Waals surface area contributed by atoms with Gasteiger partial charge < -0.3 is 14.9 Å². The predicted octanol–water partition coefficient (Wildman–Crippen LogP) is 0.749. The molecule has 1 aromatic rings. The van der Waals surface area contributed by atoms with Crippen molar-refractivity contribution >= 4 is 5.91 Å². The summed E-state index contributed by atoms with van der Waals surface area (Å²) >= 11 is 0. The Hall–Kier alpha value is -1.53. The largest absolute Gasteiger partial charge is 0.395 e. The van der Waals surface area contributed by atoms with E-state index in [1.807, 2.05) is 7.05 Å². The monoisotopic (exact) mass is 281 g/mol. The first-order valence-electron chi connectivity index (χ1n) is 6.83. The van der Waals surface area contributed by atoms with E-state index in [0.717, 1.165) is 32.0 Å². The topological polar surface area (TPSA) is 56.7 Å². The first-order valence-corrected chi connectivity index (χ1v) is 6.83. The molecule has 1 amide bonds. The Labute approximate surface area is 118 Å². The maximum Gasteiger partial charge on any atom is 0.254 e. The second kappa shape index (κ2) is 6.76. The molecule has 0 atom stereocenters. The Bertz CT molecular complexity index is 461. The third kappa shape index (κ3) is 3.52. The van der Waals surface area contributed by atoms with Crippen LogP contribution in [0, 0.1) is 5.95 Å². The lowest BCUT2D eigenvalue weighted by Crippen LogP contribution is -2.47. The SMILES string of the molecule is CN1CCC(N(CCO)C(=O)c2ccnc(F)c2)CC1. The number of aromatic nitrogens is 1. The first-order chi connectivity index (χ1) is 9.61. The van der Waals surface area contributed by atoms with Gasteiger partial charge in [-0.25, -0.2) is 4.98 Å². The summed E-state index contributed by atoms with van der Waals surface area (Å²) in [5.74, 6) is -0.905. The fourth-order valence-corrected chi connectivity index (χ4v) is 2.57. The van der Waals surface area contributed by atoms with E-state index < -0.39 is 5.95 Å². The van der Waals surface area contributed by atoms with E-state index in [4.69, 9.17) is 0 Å². The second-order valence-electron chi connectivity index (χ2n) is 5.12. The molecule has 1 aromatic heterocycles. The summed E-state index contributed by atoms with van der Waals surface area (Å²) in [7, 11) is 2.05. The summed E-state index contributed by atoms with van der Waals surface area (Å²) in [6, 6.07) is 2.74. The van der Waals surface area contributed by atoms with Crippen LogP contribution in [0.15, 0.2) is 18.3 Å². The van der Waals surface area contributed by atoms with Crippen LogP contribution < -0.4 is 0 Å². The number of nitrogens with zero attached hydrogens (tertiary/aromatic N) is 3. The molecule has 0 radical (unpaired) electrons. The van der Waals surface area contributed by atoms with E-state index in [-0.39, 0.29) is 30.7 Å². The number of halogens is 1. The molecule has 5 nitrogen and oxygen atoms in total. The highest BCUT2D eigenvalue weighted by molar-refractivity contribution is 5.94. The number of likely N-dealkylation sites (tertiary alicyclic amines) is 1. The number of hydrogen-bond donors (Lipinski definition) is 1. The zero-order valence-electron chi connectivity index (χ0n) is 11.6. The van der Waals surface area contributed by atoms with Gasteiger partial charge in [0, 0.05) is 30.4 Å². The molecule has 1 aliphatic heterocycles. The zero-order valence-corrected chi connectivity index (χ0v) is 11.6. The Morgan fingerprint density at radius 1 is 1.55 bits per heavy atom. The fourth-order valence-electron chi connectivity index (χ4n) is 2.57. The number of carbonyl (C=O) groups is 1. The molecular formula is C14H20FN3O2. The van der Waals surface area contributed by atoms with Crippen molar-refractivity contribution in [2.75, 3.05) is 33.3 Å². The lowest BCUT2D eigenvalue weighted by molar-refractivity contribution is 0.0539. The van der Waals surface area contributed by atoms with Crippen molar-refractivity contribution in [1.29, 1.82) is 0 Å². The molecule has 110 valence electrons. The van der Waals surface area contributed by atoms with Crippen molar-refractivity contribution in [3.05, 3.63) is 29.8 Å². The zero-order chi connectivity index (χ0) is 14.5.